The van der Waals surface area contributed by atoms with Crippen LogP contribution in [0.15, 0.2) is 0 Å². The molecule has 1 rings (SSSR count). The van der Waals surface area contributed by atoms with E-state index in [2.05, 4.69) is 4.74 Å². The van der Waals surface area contributed by atoms with Gasteiger partial charge in [-0.2, -0.15) is 13.2 Å². The van der Waals surface area contributed by atoms with Gasteiger partial charge in [-0.05, 0) is 0 Å². The topological polar surface area (TPSA) is 119 Å². The van der Waals surface area contributed by atoms with Gasteiger partial charge in [0.05, 0.1) is 6.61 Å². The zero-order valence-corrected chi connectivity index (χ0v) is 8.83. The van der Waals surface area contributed by atoms with Crippen LogP contribution in [0.1, 0.15) is 0 Å². The highest BCUT2D eigenvalue weighted by Gasteiger charge is 2.48. The van der Waals surface area contributed by atoms with Crippen molar-refractivity contribution in [1.29, 1.82) is 0 Å². The fourth-order valence-corrected chi connectivity index (χ4v) is 1.49. The van der Waals surface area contributed by atoms with Crippen LogP contribution in [0.3, 0.4) is 0 Å². The summed E-state index contributed by atoms with van der Waals surface area (Å²) in [4.78, 5) is 10.6. The Hall–Kier alpha value is -0.940. The van der Waals surface area contributed by atoms with Crippen molar-refractivity contribution in [1.82, 2.24) is 5.32 Å². The maximum Gasteiger partial charge on any atom is 0.471 e. The number of carbonyl (C=O) groups is 1. The third-order valence-electron chi connectivity index (χ3n) is 2.46. The van der Waals surface area contributed by atoms with Crippen LogP contribution >= 0.6 is 0 Å². The first-order chi connectivity index (χ1) is 8.18. The van der Waals surface area contributed by atoms with Crippen LogP contribution in [0.25, 0.3) is 0 Å². The highest BCUT2D eigenvalue weighted by atomic mass is 19.4. The van der Waals surface area contributed by atoms with Crippen molar-refractivity contribution in [2.75, 3.05) is 6.61 Å². The van der Waals surface area contributed by atoms with Gasteiger partial charge in [0.1, 0.15) is 24.4 Å². The SMILES string of the molecule is O=C(N[C@@H]1C(O)OC(CO)[C@@H](O)C1O)C(F)(F)F. The summed E-state index contributed by atoms with van der Waals surface area (Å²) in [6, 6.07) is -1.85. The fourth-order valence-electron chi connectivity index (χ4n) is 1.49. The number of rotatable bonds is 2. The molecule has 0 aromatic rings. The molecular formula is C8H12F3NO6. The number of alkyl halides is 3. The molecule has 0 aromatic carbocycles. The number of hydrogen-bond acceptors (Lipinski definition) is 6. The molecule has 5 N–H and O–H groups in total. The molecule has 0 aliphatic carbocycles. The van der Waals surface area contributed by atoms with Crippen molar-refractivity contribution in [3.63, 3.8) is 0 Å². The van der Waals surface area contributed by atoms with Gasteiger partial charge in [0, 0.05) is 0 Å². The Morgan fingerprint density at radius 3 is 2.22 bits per heavy atom. The molecule has 1 heterocycles. The Labute approximate surface area is 98.8 Å². The van der Waals surface area contributed by atoms with Crippen molar-refractivity contribution >= 4 is 5.91 Å². The van der Waals surface area contributed by atoms with Crippen molar-refractivity contribution in [2.24, 2.45) is 0 Å². The molecule has 0 aromatic heterocycles. The second-order valence-electron chi connectivity index (χ2n) is 3.73. The predicted molar refractivity (Wildman–Crippen MR) is 48.0 cm³/mol. The molecule has 5 atom stereocenters. The lowest BCUT2D eigenvalue weighted by Gasteiger charge is -2.40. The average molecular weight is 275 g/mol. The zero-order chi connectivity index (χ0) is 14.1. The van der Waals surface area contributed by atoms with Crippen LogP contribution in [-0.2, 0) is 9.53 Å². The molecule has 18 heavy (non-hydrogen) atoms. The normalized spacial score (nSPS) is 37.4. The molecule has 7 nitrogen and oxygen atoms in total. The molecule has 106 valence electrons. The molecule has 1 fully saturated rings. The zero-order valence-electron chi connectivity index (χ0n) is 8.83. The molecule has 1 aliphatic rings. The summed E-state index contributed by atoms with van der Waals surface area (Å²) < 4.78 is 40.5. The highest BCUT2D eigenvalue weighted by molar-refractivity contribution is 5.82. The predicted octanol–water partition coefficient (Wildman–Crippen LogP) is -2.54. The van der Waals surface area contributed by atoms with E-state index in [4.69, 9.17) is 5.11 Å². The monoisotopic (exact) mass is 275 g/mol. The summed E-state index contributed by atoms with van der Waals surface area (Å²) in [6.07, 6.45) is -12.2. The molecule has 0 bridgehead atoms. The second kappa shape index (κ2) is 5.36. The summed E-state index contributed by atoms with van der Waals surface area (Å²) in [5.41, 5.74) is 0. The van der Waals surface area contributed by atoms with Crippen molar-refractivity contribution in [2.45, 2.75) is 36.8 Å². The lowest BCUT2D eigenvalue weighted by molar-refractivity contribution is -0.256. The van der Waals surface area contributed by atoms with Crippen LogP contribution in [0.5, 0.6) is 0 Å². The van der Waals surface area contributed by atoms with E-state index in [1.807, 2.05) is 0 Å². The Balaban J connectivity index is 2.74. The minimum atomic E-state index is -5.20. The molecule has 0 radical (unpaired) electrons. The number of carbonyl (C=O) groups excluding carboxylic acids is 1. The Morgan fingerprint density at radius 2 is 1.78 bits per heavy atom. The Kier molecular flexibility index (Phi) is 4.50. The molecule has 3 unspecified atom stereocenters. The highest BCUT2D eigenvalue weighted by Crippen LogP contribution is 2.21. The summed E-state index contributed by atoms with van der Waals surface area (Å²) >= 11 is 0. The van der Waals surface area contributed by atoms with Crippen LogP contribution < -0.4 is 5.32 Å². The largest absolute Gasteiger partial charge is 0.471 e. The Bertz CT molecular complexity index is 312. The van der Waals surface area contributed by atoms with E-state index in [-0.39, 0.29) is 0 Å². The van der Waals surface area contributed by atoms with E-state index in [1.54, 1.807) is 0 Å². The maximum atomic E-state index is 12.0. The van der Waals surface area contributed by atoms with Crippen LogP contribution in [0, 0.1) is 0 Å². The number of aliphatic hydroxyl groups excluding tert-OH is 4. The first-order valence-electron chi connectivity index (χ1n) is 4.86. The fraction of sp³-hybridized carbons (Fsp3) is 0.875. The summed E-state index contributed by atoms with van der Waals surface area (Å²) in [7, 11) is 0. The molecule has 0 spiro atoms. The standard InChI is InChI=1S/C8H12F3NO6/c9-8(10,11)7(17)12-3-5(15)4(14)2(1-13)18-6(3)16/h2-6,13-16H,1H2,(H,12,17)/t2?,3-,4+,5?,6?/m0/s1. The van der Waals surface area contributed by atoms with E-state index in [9.17, 15) is 33.3 Å². The third kappa shape index (κ3) is 3.09. The number of amides is 1. The van der Waals surface area contributed by atoms with Gasteiger partial charge in [-0.15, -0.1) is 0 Å². The smallest absolute Gasteiger partial charge is 0.394 e. The molecule has 0 saturated carbocycles. The van der Waals surface area contributed by atoms with Gasteiger partial charge >= 0.3 is 12.1 Å². The van der Waals surface area contributed by atoms with Crippen LogP contribution in [0.4, 0.5) is 13.2 Å². The quantitative estimate of drug-likeness (QED) is 0.379. The van der Waals surface area contributed by atoms with Gasteiger partial charge in [-0.1, -0.05) is 0 Å². The lowest BCUT2D eigenvalue weighted by atomic mass is 9.97. The van der Waals surface area contributed by atoms with E-state index >= 15 is 0 Å². The minimum Gasteiger partial charge on any atom is -0.394 e. The van der Waals surface area contributed by atoms with Gasteiger partial charge in [0.25, 0.3) is 0 Å². The molecule has 1 saturated heterocycles. The maximum absolute atomic E-state index is 12.0. The van der Waals surface area contributed by atoms with Gasteiger partial charge in [-0.25, -0.2) is 0 Å². The van der Waals surface area contributed by atoms with Crippen LogP contribution in [-0.4, -0.2) is 69.8 Å². The number of aliphatic hydroxyl groups is 4. The molecule has 1 amide bonds. The summed E-state index contributed by atoms with van der Waals surface area (Å²) in [6.45, 7) is -0.755. The molecule has 1 aliphatic heterocycles. The second-order valence-corrected chi connectivity index (χ2v) is 3.73. The van der Waals surface area contributed by atoms with Crippen molar-refractivity contribution in [3.8, 4) is 0 Å². The minimum absolute atomic E-state index is 0.755. The lowest BCUT2D eigenvalue weighted by Crippen LogP contribution is -2.65. The van der Waals surface area contributed by atoms with E-state index in [1.165, 1.54) is 5.32 Å². The number of ether oxygens (including phenoxy) is 1. The van der Waals surface area contributed by atoms with Crippen molar-refractivity contribution in [3.05, 3.63) is 0 Å². The summed E-state index contributed by atoms with van der Waals surface area (Å²) in [5.74, 6) is -2.39. The summed E-state index contributed by atoms with van der Waals surface area (Å²) in [5, 5.41) is 38.1. The first kappa shape index (κ1) is 15.1. The number of hydrogen-bond donors (Lipinski definition) is 5. The van der Waals surface area contributed by atoms with Gasteiger partial charge < -0.3 is 30.5 Å². The third-order valence-corrected chi connectivity index (χ3v) is 2.46. The average Bonchev–Trinajstić information content (AvgIpc) is 2.27. The van der Waals surface area contributed by atoms with Crippen molar-refractivity contribution < 1.29 is 43.1 Å². The number of nitrogens with one attached hydrogen (secondary N) is 1. The van der Waals surface area contributed by atoms with Gasteiger partial charge in [-0.3, -0.25) is 4.79 Å². The van der Waals surface area contributed by atoms with Gasteiger partial charge in [0.15, 0.2) is 6.29 Å². The van der Waals surface area contributed by atoms with Gasteiger partial charge in [0.2, 0.25) is 0 Å². The number of halogens is 3. The van der Waals surface area contributed by atoms with Crippen LogP contribution in [0.2, 0.25) is 0 Å². The van der Waals surface area contributed by atoms with E-state index in [0.717, 1.165) is 0 Å². The van der Waals surface area contributed by atoms with E-state index in [0.29, 0.717) is 0 Å². The Morgan fingerprint density at radius 1 is 1.22 bits per heavy atom. The molecular weight excluding hydrogens is 263 g/mol. The molecule has 10 heteroatoms. The first-order valence-corrected chi connectivity index (χ1v) is 4.86. The van der Waals surface area contributed by atoms with E-state index < -0.39 is 49.3 Å².